The summed E-state index contributed by atoms with van der Waals surface area (Å²) in [5, 5.41) is 9.73. The topological polar surface area (TPSA) is 20.2 Å². The first kappa shape index (κ1) is 20.0. The van der Waals surface area contributed by atoms with Crippen LogP contribution in [-0.2, 0) is 0 Å². The van der Waals surface area contributed by atoms with Gasteiger partial charge in [-0.1, -0.05) is 86.5 Å². The second kappa shape index (κ2) is 9.82. The number of hydrogen-bond acceptors (Lipinski definition) is 1. The van der Waals surface area contributed by atoms with Crippen molar-refractivity contribution in [2.24, 2.45) is 16.7 Å². The molecule has 0 aromatic carbocycles. The molecule has 122 valence electrons. The smallest absolute Gasteiger partial charge is 0.0464 e. The van der Waals surface area contributed by atoms with Crippen molar-refractivity contribution in [1.29, 1.82) is 0 Å². The highest BCUT2D eigenvalue weighted by atomic mass is 16.3. The van der Waals surface area contributed by atoms with Gasteiger partial charge in [-0.05, 0) is 29.6 Å². The molecule has 0 amide bonds. The minimum Gasteiger partial charge on any atom is -0.396 e. The largest absolute Gasteiger partial charge is 0.396 e. The van der Waals surface area contributed by atoms with Crippen LogP contribution < -0.4 is 0 Å². The number of hydrogen-bond donors (Lipinski definition) is 1. The first-order chi connectivity index (χ1) is 9.23. The molecule has 0 fully saturated rings. The van der Waals surface area contributed by atoms with E-state index < -0.39 is 0 Å². The highest BCUT2D eigenvalue weighted by Gasteiger charge is 2.32. The third-order valence-corrected chi connectivity index (χ3v) is 4.47. The summed E-state index contributed by atoms with van der Waals surface area (Å²) in [5.41, 5.74) is 0.590. The molecular weight excluding hydrogens is 244 g/mol. The Labute approximate surface area is 128 Å². The number of rotatable bonds is 11. The summed E-state index contributed by atoms with van der Waals surface area (Å²) in [7, 11) is 0. The van der Waals surface area contributed by atoms with E-state index in [0.29, 0.717) is 17.9 Å². The van der Waals surface area contributed by atoms with Gasteiger partial charge in [0.25, 0.3) is 0 Å². The van der Waals surface area contributed by atoms with Gasteiger partial charge in [0.15, 0.2) is 0 Å². The van der Waals surface area contributed by atoms with Crippen LogP contribution in [0.5, 0.6) is 0 Å². The average Bonchev–Trinajstić information content (AvgIpc) is 2.29. The summed E-state index contributed by atoms with van der Waals surface area (Å²) in [4.78, 5) is 0. The van der Waals surface area contributed by atoms with Crippen LogP contribution in [0.2, 0.25) is 0 Å². The molecular formula is C19H40O. The van der Waals surface area contributed by atoms with E-state index in [0.717, 1.165) is 0 Å². The van der Waals surface area contributed by atoms with E-state index in [1.165, 1.54) is 57.8 Å². The normalized spacial score (nSPS) is 14.6. The molecule has 20 heavy (non-hydrogen) atoms. The van der Waals surface area contributed by atoms with Crippen molar-refractivity contribution in [3.63, 3.8) is 0 Å². The van der Waals surface area contributed by atoms with Gasteiger partial charge < -0.3 is 5.11 Å². The molecule has 0 bridgehead atoms. The first-order valence-electron chi connectivity index (χ1n) is 8.84. The molecule has 0 saturated carbocycles. The van der Waals surface area contributed by atoms with E-state index >= 15 is 0 Å². The Hall–Kier alpha value is -0.0400. The molecule has 0 spiro atoms. The van der Waals surface area contributed by atoms with Gasteiger partial charge in [0.05, 0.1) is 0 Å². The molecule has 0 saturated heterocycles. The molecule has 0 aliphatic carbocycles. The van der Waals surface area contributed by atoms with Gasteiger partial charge in [-0.3, -0.25) is 0 Å². The minimum atomic E-state index is 0.245. The fraction of sp³-hybridized carbons (Fsp3) is 1.00. The predicted molar refractivity (Wildman–Crippen MR) is 91.0 cm³/mol. The van der Waals surface area contributed by atoms with Crippen molar-refractivity contribution in [2.75, 3.05) is 6.61 Å². The third-order valence-electron chi connectivity index (χ3n) is 4.47. The van der Waals surface area contributed by atoms with Crippen molar-refractivity contribution in [1.82, 2.24) is 0 Å². The lowest BCUT2D eigenvalue weighted by Gasteiger charge is -2.38. The summed E-state index contributed by atoms with van der Waals surface area (Å²) in [6.45, 7) is 14.2. The molecule has 0 radical (unpaired) electrons. The number of aliphatic hydroxyl groups excluding tert-OH is 1. The molecule has 1 unspecified atom stereocenters. The highest BCUT2D eigenvalue weighted by molar-refractivity contribution is 4.82. The predicted octanol–water partition coefficient (Wildman–Crippen LogP) is 6.20. The Bertz CT molecular complexity index is 224. The lowest BCUT2D eigenvalue weighted by Crippen LogP contribution is -2.31. The van der Waals surface area contributed by atoms with Crippen molar-refractivity contribution in [2.45, 2.75) is 99.3 Å². The zero-order valence-electron chi connectivity index (χ0n) is 15.1. The molecule has 1 N–H and O–H groups in total. The van der Waals surface area contributed by atoms with Gasteiger partial charge in [0.1, 0.15) is 0 Å². The van der Waals surface area contributed by atoms with Crippen LogP contribution in [0.15, 0.2) is 0 Å². The standard InChI is InChI=1S/C19H40O/c1-7-8-9-10-11-12-13-14-17(15-20)19(5,6)16-18(2,3)4/h17,20H,7-16H2,1-6H3. The van der Waals surface area contributed by atoms with Crippen LogP contribution in [0.4, 0.5) is 0 Å². The van der Waals surface area contributed by atoms with E-state index in [1.54, 1.807) is 0 Å². The second-order valence-corrected chi connectivity index (χ2v) is 8.52. The number of unbranched alkanes of at least 4 members (excludes halogenated alkanes) is 6. The van der Waals surface area contributed by atoms with Gasteiger partial charge in [0.2, 0.25) is 0 Å². The molecule has 0 aromatic rings. The summed E-state index contributed by atoms with van der Waals surface area (Å²) in [5.74, 6) is 0.456. The molecule has 0 rings (SSSR count). The van der Waals surface area contributed by atoms with E-state index in [2.05, 4.69) is 41.5 Å². The third kappa shape index (κ3) is 9.80. The Kier molecular flexibility index (Phi) is 9.80. The molecule has 0 aromatic heterocycles. The number of aliphatic hydroxyl groups is 1. The summed E-state index contributed by atoms with van der Waals surface area (Å²) < 4.78 is 0. The van der Waals surface area contributed by atoms with Crippen LogP contribution in [-0.4, -0.2) is 11.7 Å². The lowest BCUT2D eigenvalue weighted by molar-refractivity contribution is 0.0689. The highest BCUT2D eigenvalue weighted by Crippen LogP contribution is 2.40. The van der Waals surface area contributed by atoms with Crippen LogP contribution in [0, 0.1) is 16.7 Å². The van der Waals surface area contributed by atoms with Gasteiger partial charge in [-0.2, -0.15) is 0 Å². The fourth-order valence-corrected chi connectivity index (χ4v) is 3.59. The molecule has 1 nitrogen and oxygen atoms in total. The molecule has 0 aliphatic heterocycles. The first-order valence-corrected chi connectivity index (χ1v) is 8.84. The minimum absolute atomic E-state index is 0.245. The van der Waals surface area contributed by atoms with Gasteiger partial charge >= 0.3 is 0 Å². The SMILES string of the molecule is CCCCCCCCCC(CO)C(C)(C)CC(C)(C)C. The van der Waals surface area contributed by atoms with E-state index in [4.69, 9.17) is 0 Å². The lowest BCUT2D eigenvalue weighted by atomic mass is 9.68. The average molecular weight is 285 g/mol. The van der Waals surface area contributed by atoms with Crippen LogP contribution in [0.25, 0.3) is 0 Å². The molecule has 0 aliphatic rings. The van der Waals surface area contributed by atoms with E-state index in [9.17, 15) is 5.11 Å². The zero-order valence-corrected chi connectivity index (χ0v) is 15.1. The molecule has 1 heteroatoms. The second-order valence-electron chi connectivity index (χ2n) is 8.52. The van der Waals surface area contributed by atoms with Gasteiger partial charge in [-0.15, -0.1) is 0 Å². The van der Waals surface area contributed by atoms with Crippen molar-refractivity contribution in [3.8, 4) is 0 Å². The Morgan fingerprint density at radius 2 is 1.30 bits per heavy atom. The summed E-state index contributed by atoms with van der Waals surface area (Å²) >= 11 is 0. The monoisotopic (exact) mass is 284 g/mol. The molecule has 0 heterocycles. The van der Waals surface area contributed by atoms with E-state index in [-0.39, 0.29) is 5.41 Å². The quantitative estimate of drug-likeness (QED) is 0.448. The maximum Gasteiger partial charge on any atom is 0.0464 e. The Morgan fingerprint density at radius 1 is 0.800 bits per heavy atom. The van der Waals surface area contributed by atoms with E-state index in [1.807, 2.05) is 0 Å². The fourth-order valence-electron chi connectivity index (χ4n) is 3.59. The maximum atomic E-state index is 9.73. The van der Waals surface area contributed by atoms with Gasteiger partial charge in [0, 0.05) is 6.61 Å². The maximum absolute atomic E-state index is 9.73. The van der Waals surface area contributed by atoms with Crippen molar-refractivity contribution >= 4 is 0 Å². The Balaban J connectivity index is 3.96. The van der Waals surface area contributed by atoms with Crippen LogP contribution >= 0.6 is 0 Å². The van der Waals surface area contributed by atoms with Crippen LogP contribution in [0.3, 0.4) is 0 Å². The summed E-state index contributed by atoms with van der Waals surface area (Å²) in [6, 6.07) is 0. The van der Waals surface area contributed by atoms with Crippen molar-refractivity contribution < 1.29 is 5.11 Å². The molecule has 1 atom stereocenters. The Morgan fingerprint density at radius 3 is 1.75 bits per heavy atom. The van der Waals surface area contributed by atoms with Crippen LogP contribution in [0.1, 0.15) is 99.3 Å². The van der Waals surface area contributed by atoms with Gasteiger partial charge in [-0.25, -0.2) is 0 Å². The summed E-state index contributed by atoms with van der Waals surface area (Å²) in [6.07, 6.45) is 11.9. The van der Waals surface area contributed by atoms with Crippen molar-refractivity contribution in [3.05, 3.63) is 0 Å². The zero-order chi connectivity index (χ0) is 15.6.